The van der Waals surface area contributed by atoms with E-state index in [9.17, 15) is 13.2 Å². The topological polar surface area (TPSA) is 76.8 Å². The minimum absolute atomic E-state index is 0.192. The van der Waals surface area contributed by atoms with Crippen LogP contribution in [0, 0.1) is 0 Å². The molecule has 0 atom stereocenters. The molecule has 0 radical (unpaired) electrons. The second kappa shape index (κ2) is 8.50. The number of carbonyl (C=O) groups excluding carboxylic acids is 1. The van der Waals surface area contributed by atoms with E-state index in [1.165, 1.54) is 0 Å². The molecule has 0 spiro atoms. The number of benzene rings is 2. The van der Waals surface area contributed by atoms with Gasteiger partial charge in [0.15, 0.2) is 0 Å². The van der Waals surface area contributed by atoms with Crippen LogP contribution in [0.4, 0.5) is 0 Å². The second-order valence-corrected chi connectivity index (χ2v) is 8.19. The van der Waals surface area contributed by atoms with E-state index in [0.29, 0.717) is 16.3 Å². The van der Waals surface area contributed by atoms with Crippen LogP contribution < -0.4 is 4.18 Å². The van der Waals surface area contributed by atoms with Crippen molar-refractivity contribution >= 4 is 27.6 Å². The minimum Gasteiger partial charge on any atom is -0.467 e. The van der Waals surface area contributed by atoms with Crippen LogP contribution in [0.15, 0.2) is 71.3 Å². The number of halogens is 1. The summed E-state index contributed by atoms with van der Waals surface area (Å²) >= 11 is 5.91. The van der Waals surface area contributed by atoms with Crippen molar-refractivity contribution in [2.45, 2.75) is 13.1 Å². The van der Waals surface area contributed by atoms with Crippen molar-refractivity contribution in [3.8, 4) is 5.75 Å². The molecular weight excluding hydrogens is 402 g/mol. The van der Waals surface area contributed by atoms with Crippen molar-refractivity contribution in [3.05, 3.63) is 88.8 Å². The van der Waals surface area contributed by atoms with Gasteiger partial charge in [-0.15, -0.1) is 0 Å². The highest BCUT2D eigenvalue weighted by Crippen LogP contribution is 2.20. The Hall–Kier alpha value is -2.77. The molecule has 1 heterocycles. The average Bonchev–Trinajstić information content (AvgIpc) is 3.13. The Morgan fingerprint density at radius 2 is 1.82 bits per heavy atom. The van der Waals surface area contributed by atoms with E-state index in [1.807, 2.05) is 0 Å². The van der Waals surface area contributed by atoms with Crippen LogP contribution >= 0.6 is 11.6 Å². The molecule has 0 bridgehead atoms. The summed E-state index contributed by atoms with van der Waals surface area (Å²) in [5, 5.41) is 0.541. The second-order valence-electron chi connectivity index (χ2n) is 6.18. The Kier molecular flexibility index (Phi) is 6.06. The number of rotatable bonds is 7. The highest BCUT2D eigenvalue weighted by molar-refractivity contribution is 7.86. The van der Waals surface area contributed by atoms with E-state index in [4.69, 9.17) is 20.2 Å². The molecule has 0 fully saturated rings. The Balaban J connectivity index is 1.86. The number of nitrogens with zero attached hydrogens (tertiary/aromatic N) is 1. The van der Waals surface area contributed by atoms with Crippen LogP contribution in [0.2, 0.25) is 5.02 Å². The zero-order chi connectivity index (χ0) is 20.1. The highest BCUT2D eigenvalue weighted by Gasteiger charge is 2.18. The normalized spacial score (nSPS) is 11.2. The van der Waals surface area contributed by atoms with E-state index in [2.05, 4.69) is 0 Å². The number of furan rings is 1. The van der Waals surface area contributed by atoms with E-state index in [0.717, 1.165) is 11.8 Å². The van der Waals surface area contributed by atoms with Gasteiger partial charge in [0.1, 0.15) is 11.5 Å². The maximum absolute atomic E-state index is 13.0. The maximum atomic E-state index is 13.0. The molecule has 2 aromatic carbocycles. The van der Waals surface area contributed by atoms with Gasteiger partial charge in [-0.3, -0.25) is 4.79 Å². The molecule has 0 saturated carbocycles. The lowest BCUT2D eigenvalue weighted by atomic mass is 10.1. The molecule has 0 N–H and O–H groups in total. The van der Waals surface area contributed by atoms with Crippen molar-refractivity contribution in [2.75, 3.05) is 6.26 Å². The fourth-order valence-electron chi connectivity index (χ4n) is 2.66. The van der Waals surface area contributed by atoms with Crippen LogP contribution in [0.25, 0.3) is 0 Å². The summed E-state index contributed by atoms with van der Waals surface area (Å²) < 4.78 is 33.0. The Morgan fingerprint density at radius 1 is 1.07 bits per heavy atom. The predicted molar refractivity (Wildman–Crippen MR) is 106 cm³/mol. The summed E-state index contributed by atoms with van der Waals surface area (Å²) in [5.74, 6) is 0.616. The highest BCUT2D eigenvalue weighted by atomic mass is 35.5. The molecule has 8 heteroatoms. The molecule has 0 aliphatic carbocycles. The van der Waals surface area contributed by atoms with Gasteiger partial charge >= 0.3 is 10.1 Å². The molecular formula is C20H18ClNO5S. The van der Waals surface area contributed by atoms with Crippen molar-refractivity contribution < 1.29 is 21.8 Å². The van der Waals surface area contributed by atoms with Crippen LogP contribution in [-0.4, -0.2) is 25.5 Å². The fraction of sp³-hybridized carbons (Fsp3) is 0.150. The summed E-state index contributed by atoms with van der Waals surface area (Å²) in [5.41, 5.74) is 1.20. The molecule has 28 heavy (non-hydrogen) atoms. The number of hydrogen-bond acceptors (Lipinski definition) is 5. The first-order valence-corrected chi connectivity index (χ1v) is 10.6. The Labute approximate surface area is 168 Å². The van der Waals surface area contributed by atoms with Gasteiger partial charge in [-0.1, -0.05) is 23.7 Å². The van der Waals surface area contributed by atoms with Gasteiger partial charge in [0, 0.05) is 17.1 Å². The smallest absolute Gasteiger partial charge is 0.306 e. The van der Waals surface area contributed by atoms with Crippen molar-refractivity contribution in [1.82, 2.24) is 4.90 Å². The van der Waals surface area contributed by atoms with Crippen molar-refractivity contribution in [2.24, 2.45) is 0 Å². The van der Waals surface area contributed by atoms with Crippen molar-refractivity contribution in [3.63, 3.8) is 0 Å². The van der Waals surface area contributed by atoms with E-state index in [-0.39, 0.29) is 24.7 Å². The third kappa shape index (κ3) is 5.61. The predicted octanol–water partition coefficient (Wildman–Crippen LogP) is 4.11. The van der Waals surface area contributed by atoms with E-state index in [1.54, 1.807) is 71.8 Å². The lowest BCUT2D eigenvalue weighted by molar-refractivity contribution is 0.0717. The van der Waals surface area contributed by atoms with Gasteiger partial charge in [0.25, 0.3) is 5.91 Å². The van der Waals surface area contributed by atoms with Gasteiger partial charge < -0.3 is 13.5 Å². The first-order chi connectivity index (χ1) is 13.3. The summed E-state index contributed by atoms with van der Waals surface area (Å²) in [7, 11) is -3.63. The minimum atomic E-state index is -3.63. The molecule has 0 aliphatic rings. The summed E-state index contributed by atoms with van der Waals surface area (Å²) in [4.78, 5) is 14.6. The lowest BCUT2D eigenvalue weighted by Gasteiger charge is -2.22. The standard InChI is InChI=1S/C20H18ClNO5S/c1-28(24,25)27-18-5-2-4-15(12-18)13-22(14-19-6-3-11-26-19)20(23)16-7-9-17(21)10-8-16/h2-12H,13-14H2,1H3. The summed E-state index contributed by atoms with van der Waals surface area (Å²) in [6.07, 6.45) is 2.52. The number of amides is 1. The molecule has 3 rings (SSSR count). The number of carbonyl (C=O) groups is 1. The van der Waals surface area contributed by atoms with Crippen LogP contribution in [0.5, 0.6) is 5.75 Å². The van der Waals surface area contributed by atoms with Crippen molar-refractivity contribution in [1.29, 1.82) is 0 Å². The number of hydrogen-bond donors (Lipinski definition) is 0. The average molecular weight is 420 g/mol. The van der Waals surface area contributed by atoms with Crippen LogP contribution in [0.1, 0.15) is 21.7 Å². The largest absolute Gasteiger partial charge is 0.467 e. The monoisotopic (exact) mass is 419 g/mol. The SMILES string of the molecule is CS(=O)(=O)Oc1cccc(CN(Cc2ccco2)C(=O)c2ccc(Cl)cc2)c1. The fourth-order valence-corrected chi connectivity index (χ4v) is 3.24. The molecule has 1 aromatic heterocycles. The third-order valence-corrected chi connectivity index (χ3v) is 4.57. The molecule has 0 unspecified atom stereocenters. The zero-order valence-corrected chi connectivity index (χ0v) is 16.6. The molecule has 1 amide bonds. The summed E-state index contributed by atoms with van der Waals surface area (Å²) in [6, 6.07) is 16.7. The van der Waals surface area contributed by atoms with Crippen LogP contribution in [-0.2, 0) is 23.2 Å². The quantitative estimate of drug-likeness (QED) is 0.538. The Morgan fingerprint density at radius 3 is 2.46 bits per heavy atom. The lowest BCUT2D eigenvalue weighted by Crippen LogP contribution is -2.30. The van der Waals surface area contributed by atoms with Gasteiger partial charge in [-0.2, -0.15) is 8.42 Å². The first-order valence-electron chi connectivity index (χ1n) is 8.36. The van der Waals surface area contributed by atoms with E-state index < -0.39 is 10.1 Å². The van der Waals surface area contributed by atoms with Gasteiger partial charge in [-0.25, -0.2) is 0 Å². The summed E-state index contributed by atoms with van der Waals surface area (Å²) in [6.45, 7) is 0.495. The third-order valence-electron chi connectivity index (χ3n) is 3.82. The molecule has 6 nitrogen and oxygen atoms in total. The molecule has 0 aliphatic heterocycles. The maximum Gasteiger partial charge on any atom is 0.306 e. The zero-order valence-electron chi connectivity index (χ0n) is 15.0. The van der Waals surface area contributed by atoms with Gasteiger partial charge in [0.2, 0.25) is 0 Å². The molecule has 146 valence electrons. The molecule has 3 aromatic rings. The van der Waals surface area contributed by atoms with E-state index >= 15 is 0 Å². The van der Waals surface area contributed by atoms with Gasteiger partial charge in [0.05, 0.1) is 19.1 Å². The van der Waals surface area contributed by atoms with Gasteiger partial charge in [-0.05, 0) is 54.1 Å². The molecule has 0 saturated heterocycles. The Bertz CT molecular complexity index is 1050. The first kappa shape index (κ1) is 20.0. The van der Waals surface area contributed by atoms with Crippen LogP contribution in [0.3, 0.4) is 0 Å².